The summed E-state index contributed by atoms with van der Waals surface area (Å²) in [5.74, 6) is 0.180. The van der Waals surface area contributed by atoms with Crippen LogP contribution in [-0.4, -0.2) is 48.4 Å². The van der Waals surface area contributed by atoms with Gasteiger partial charge in [-0.05, 0) is 39.1 Å². The van der Waals surface area contributed by atoms with E-state index >= 15 is 0 Å². The maximum absolute atomic E-state index is 12.4. The highest BCUT2D eigenvalue weighted by Crippen LogP contribution is 2.18. The fraction of sp³-hybridized carbons (Fsp3) is 0.318. The number of aromatic nitrogens is 1. The number of carbonyl (C=O) groups excluding carboxylic acids is 2. The molecule has 2 aromatic heterocycles. The van der Waals surface area contributed by atoms with Gasteiger partial charge >= 0.3 is 0 Å². The molecule has 8 heteroatoms. The van der Waals surface area contributed by atoms with E-state index in [4.69, 9.17) is 4.42 Å². The molecular weight excluding hydrogens is 400 g/mol. The molecule has 0 aliphatic carbocycles. The number of likely N-dealkylation sites (N-methyl/N-ethyl adjacent to an activating group) is 1. The number of anilines is 1. The topological polar surface area (TPSA) is 87.5 Å². The average Bonchev–Trinajstić information content (AvgIpc) is 3.34. The summed E-state index contributed by atoms with van der Waals surface area (Å²) in [6.07, 6.45) is 2.50. The van der Waals surface area contributed by atoms with E-state index in [1.807, 2.05) is 32.3 Å². The Morgan fingerprint density at radius 1 is 1.20 bits per heavy atom. The number of nitrogens with one attached hydrogen (secondary N) is 2. The zero-order valence-corrected chi connectivity index (χ0v) is 18.2. The van der Waals surface area contributed by atoms with Crippen molar-refractivity contribution in [1.29, 1.82) is 0 Å². The van der Waals surface area contributed by atoms with Gasteiger partial charge < -0.3 is 14.6 Å². The monoisotopic (exact) mass is 426 g/mol. The first-order valence-electron chi connectivity index (χ1n) is 9.69. The number of nitrogens with zero attached hydrogens (tertiary/aromatic N) is 2. The first-order chi connectivity index (χ1) is 14.4. The van der Waals surface area contributed by atoms with Crippen LogP contribution < -0.4 is 10.6 Å². The van der Waals surface area contributed by atoms with E-state index in [2.05, 4.69) is 32.7 Å². The summed E-state index contributed by atoms with van der Waals surface area (Å²) >= 11 is 1.29. The van der Waals surface area contributed by atoms with Crippen molar-refractivity contribution in [2.24, 2.45) is 0 Å². The van der Waals surface area contributed by atoms with Gasteiger partial charge in [0.1, 0.15) is 5.76 Å². The van der Waals surface area contributed by atoms with Crippen LogP contribution in [0.5, 0.6) is 0 Å². The van der Waals surface area contributed by atoms with E-state index in [0.29, 0.717) is 28.7 Å². The molecule has 158 valence electrons. The Balaban J connectivity index is 1.50. The van der Waals surface area contributed by atoms with Crippen molar-refractivity contribution in [2.45, 2.75) is 25.8 Å². The summed E-state index contributed by atoms with van der Waals surface area (Å²) in [7, 11) is 4.02. The predicted octanol–water partition coefficient (Wildman–Crippen LogP) is 3.13. The predicted molar refractivity (Wildman–Crippen MR) is 118 cm³/mol. The average molecular weight is 427 g/mol. The van der Waals surface area contributed by atoms with Gasteiger partial charge in [-0.2, -0.15) is 0 Å². The maximum Gasteiger partial charge on any atom is 0.260 e. The van der Waals surface area contributed by atoms with Crippen LogP contribution in [0, 0.1) is 6.92 Å². The third-order valence-electron chi connectivity index (χ3n) is 4.80. The van der Waals surface area contributed by atoms with E-state index in [-0.39, 0.29) is 24.3 Å². The minimum absolute atomic E-state index is 0.0937. The number of hydrogen-bond acceptors (Lipinski definition) is 6. The molecule has 1 unspecified atom stereocenters. The zero-order valence-electron chi connectivity index (χ0n) is 17.3. The van der Waals surface area contributed by atoms with Crippen molar-refractivity contribution in [3.63, 3.8) is 0 Å². The van der Waals surface area contributed by atoms with Gasteiger partial charge in [-0.25, -0.2) is 4.98 Å². The lowest BCUT2D eigenvalue weighted by Crippen LogP contribution is -2.42. The summed E-state index contributed by atoms with van der Waals surface area (Å²) in [6.45, 7) is 2.28. The number of furan rings is 1. The van der Waals surface area contributed by atoms with E-state index in [0.717, 1.165) is 6.42 Å². The van der Waals surface area contributed by atoms with Gasteiger partial charge in [-0.1, -0.05) is 30.3 Å². The van der Waals surface area contributed by atoms with Gasteiger partial charge in [-0.15, -0.1) is 11.3 Å². The lowest BCUT2D eigenvalue weighted by atomic mass is 10.1. The summed E-state index contributed by atoms with van der Waals surface area (Å²) in [4.78, 5) is 31.1. The molecule has 1 aromatic carbocycles. The molecule has 2 amide bonds. The minimum Gasteiger partial charge on any atom is -0.469 e. The Labute approximate surface area is 180 Å². The maximum atomic E-state index is 12.4. The van der Waals surface area contributed by atoms with Crippen LogP contribution >= 0.6 is 11.3 Å². The van der Waals surface area contributed by atoms with Crippen molar-refractivity contribution >= 4 is 28.3 Å². The minimum atomic E-state index is -0.277. The molecule has 0 bridgehead atoms. The first-order valence-corrected chi connectivity index (χ1v) is 10.6. The third kappa shape index (κ3) is 6.01. The number of amides is 2. The van der Waals surface area contributed by atoms with E-state index in [1.165, 1.54) is 23.2 Å². The molecule has 7 nitrogen and oxygen atoms in total. The summed E-state index contributed by atoms with van der Waals surface area (Å²) in [5, 5.41) is 7.98. The second-order valence-electron chi connectivity index (χ2n) is 7.28. The number of hydrogen-bond donors (Lipinski definition) is 2. The van der Waals surface area contributed by atoms with Gasteiger partial charge in [0.2, 0.25) is 5.91 Å². The molecule has 0 aliphatic heterocycles. The van der Waals surface area contributed by atoms with E-state index in [9.17, 15) is 9.59 Å². The Hall–Kier alpha value is -2.97. The summed E-state index contributed by atoms with van der Waals surface area (Å²) < 4.78 is 5.15. The van der Waals surface area contributed by atoms with Crippen molar-refractivity contribution in [2.75, 3.05) is 26.0 Å². The Kier molecular flexibility index (Phi) is 7.37. The quantitative estimate of drug-likeness (QED) is 0.549. The Morgan fingerprint density at radius 2 is 1.97 bits per heavy atom. The standard InChI is InChI=1S/C22H26N4O3S/c1-15-19(9-10-29-15)21(28)25-22-24-17(14-30-22)12-20(27)23-13-18(26(2)3)11-16-7-5-4-6-8-16/h4-10,14,18H,11-13H2,1-3H3,(H,23,27)(H,24,25,28). The van der Waals surface area contributed by atoms with Crippen LogP contribution in [0.3, 0.4) is 0 Å². The van der Waals surface area contributed by atoms with Crippen LogP contribution in [-0.2, 0) is 17.6 Å². The summed E-state index contributed by atoms with van der Waals surface area (Å²) in [6, 6.07) is 12.0. The second kappa shape index (κ2) is 10.2. The van der Waals surface area contributed by atoms with E-state index < -0.39 is 0 Å². The van der Waals surface area contributed by atoms with E-state index in [1.54, 1.807) is 18.4 Å². The molecule has 1 atom stereocenters. The fourth-order valence-corrected chi connectivity index (χ4v) is 3.72. The molecule has 3 aromatic rings. The highest BCUT2D eigenvalue weighted by molar-refractivity contribution is 7.14. The number of aryl methyl sites for hydroxylation is 1. The molecule has 0 saturated heterocycles. The molecular formula is C22H26N4O3S. The Morgan fingerprint density at radius 3 is 2.63 bits per heavy atom. The van der Waals surface area contributed by atoms with Crippen molar-refractivity contribution in [3.05, 3.63) is 70.6 Å². The van der Waals surface area contributed by atoms with Crippen molar-refractivity contribution in [3.8, 4) is 0 Å². The van der Waals surface area contributed by atoms with Crippen molar-refractivity contribution < 1.29 is 14.0 Å². The van der Waals surface area contributed by atoms with Gasteiger partial charge in [0.15, 0.2) is 5.13 Å². The fourth-order valence-electron chi connectivity index (χ4n) is 3.01. The van der Waals surface area contributed by atoms with Gasteiger partial charge in [-0.3, -0.25) is 14.9 Å². The van der Waals surface area contributed by atoms with Crippen LogP contribution in [0.2, 0.25) is 0 Å². The number of benzene rings is 1. The molecule has 0 aliphatic rings. The molecule has 0 radical (unpaired) electrons. The van der Waals surface area contributed by atoms with Crippen LogP contribution in [0.4, 0.5) is 5.13 Å². The molecule has 0 fully saturated rings. The molecule has 2 N–H and O–H groups in total. The van der Waals surface area contributed by atoms with Gasteiger partial charge in [0.05, 0.1) is 23.9 Å². The lowest BCUT2D eigenvalue weighted by molar-refractivity contribution is -0.120. The Bertz CT molecular complexity index is 981. The third-order valence-corrected chi connectivity index (χ3v) is 5.60. The van der Waals surface area contributed by atoms with Crippen molar-refractivity contribution in [1.82, 2.24) is 15.2 Å². The highest BCUT2D eigenvalue weighted by atomic mass is 32.1. The zero-order chi connectivity index (χ0) is 21.5. The second-order valence-corrected chi connectivity index (χ2v) is 8.13. The van der Waals surface area contributed by atoms with Crippen LogP contribution in [0.25, 0.3) is 0 Å². The first kappa shape index (κ1) is 21.7. The van der Waals surface area contributed by atoms with Crippen LogP contribution in [0.15, 0.2) is 52.5 Å². The SMILES string of the molecule is Cc1occc1C(=O)Nc1nc(CC(=O)NCC(Cc2ccccc2)N(C)C)cs1. The molecule has 30 heavy (non-hydrogen) atoms. The number of rotatable bonds is 9. The molecule has 0 saturated carbocycles. The molecule has 3 rings (SSSR count). The van der Waals surface area contributed by atoms with Gasteiger partial charge in [0.25, 0.3) is 5.91 Å². The number of carbonyl (C=O) groups is 2. The largest absolute Gasteiger partial charge is 0.469 e. The molecule has 2 heterocycles. The van der Waals surface area contributed by atoms with Crippen LogP contribution in [0.1, 0.15) is 27.4 Å². The van der Waals surface area contributed by atoms with Gasteiger partial charge in [0, 0.05) is 18.0 Å². The number of thiazole rings is 1. The summed E-state index contributed by atoms with van der Waals surface area (Å²) in [5.41, 5.74) is 2.33. The normalized spacial score (nSPS) is 12.0. The smallest absolute Gasteiger partial charge is 0.260 e. The molecule has 0 spiro atoms. The highest BCUT2D eigenvalue weighted by Gasteiger charge is 2.16. The lowest BCUT2D eigenvalue weighted by Gasteiger charge is -2.24.